The van der Waals surface area contributed by atoms with Crippen LogP contribution < -0.4 is 0 Å². The number of aliphatic hydroxyl groups is 2. The molecule has 4 fully saturated rings. The quantitative estimate of drug-likeness (QED) is 0.549. The maximum Gasteiger partial charge on any atom is 0.320 e. The average Bonchev–Trinajstić information content (AvgIpc) is 3.20. The summed E-state index contributed by atoms with van der Waals surface area (Å²) in [4.78, 5) is 14.0. The molecule has 0 radical (unpaired) electrons. The minimum absolute atomic E-state index is 0.0342. The van der Waals surface area contributed by atoms with Crippen LogP contribution in [0.2, 0.25) is 0 Å². The number of hydrogen-bond acceptors (Lipinski definition) is 4. The molecule has 5 nitrogen and oxygen atoms in total. The third kappa shape index (κ3) is 3.55. The van der Waals surface area contributed by atoms with E-state index < -0.39 is 24.2 Å². The molecule has 2 saturated carbocycles. The Hall–Kier alpha value is -0.910. The van der Waals surface area contributed by atoms with Gasteiger partial charge in [-0.1, -0.05) is 52.2 Å². The summed E-state index contributed by atoms with van der Waals surface area (Å²) in [6.07, 6.45) is 11.0. The van der Waals surface area contributed by atoms with Gasteiger partial charge >= 0.3 is 5.97 Å². The summed E-state index contributed by atoms with van der Waals surface area (Å²) in [5, 5.41) is 31.5. The number of aliphatic hydroxyl groups excluding tert-OH is 2. The molecule has 170 valence electrons. The van der Waals surface area contributed by atoms with Gasteiger partial charge in [0.25, 0.3) is 0 Å². The first-order valence-corrected chi connectivity index (χ1v) is 12.5. The number of piperidine rings is 1. The number of fused-ring (bicyclic) bond motifs is 3. The summed E-state index contributed by atoms with van der Waals surface area (Å²) in [7, 11) is 0. The van der Waals surface area contributed by atoms with E-state index in [9.17, 15) is 20.1 Å². The molecule has 0 spiro atoms. The van der Waals surface area contributed by atoms with Gasteiger partial charge in [-0.25, -0.2) is 0 Å². The molecule has 30 heavy (non-hydrogen) atoms. The van der Waals surface area contributed by atoms with E-state index in [0.29, 0.717) is 36.1 Å². The van der Waals surface area contributed by atoms with Crippen molar-refractivity contribution in [2.45, 2.75) is 102 Å². The van der Waals surface area contributed by atoms with E-state index in [1.54, 1.807) is 0 Å². The van der Waals surface area contributed by atoms with Gasteiger partial charge in [-0.2, -0.15) is 0 Å². The van der Waals surface area contributed by atoms with E-state index in [1.807, 2.05) is 6.08 Å². The molecule has 9 atom stereocenters. The molecule has 4 rings (SSSR count). The Morgan fingerprint density at radius 3 is 2.33 bits per heavy atom. The largest absolute Gasteiger partial charge is 0.480 e. The second-order valence-electron chi connectivity index (χ2n) is 10.4. The van der Waals surface area contributed by atoms with Crippen LogP contribution in [0.15, 0.2) is 12.2 Å². The first-order valence-electron chi connectivity index (χ1n) is 12.5. The number of hydrogen-bond donors (Lipinski definition) is 3. The Morgan fingerprint density at radius 1 is 1.07 bits per heavy atom. The van der Waals surface area contributed by atoms with Crippen molar-refractivity contribution in [3.8, 4) is 0 Å². The third-order valence-electron chi connectivity index (χ3n) is 9.35. The van der Waals surface area contributed by atoms with Crippen LogP contribution in [0, 0.1) is 35.5 Å². The molecule has 0 amide bonds. The van der Waals surface area contributed by atoms with Crippen LogP contribution in [0.3, 0.4) is 0 Å². The molecule has 0 aromatic rings. The van der Waals surface area contributed by atoms with E-state index in [4.69, 9.17) is 0 Å². The highest BCUT2D eigenvalue weighted by Crippen LogP contribution is 2.53. The Kier molecular flexibility index (Phi) is 6.62. The standard InChI is InChI=1S/C25H41NO4/c1-4-15-16(5-2)24(17(15)6-3)22(27)11-10-18-19-12-14-8-7-9-20(25(29)30)26(14)21(19)13-23(18)28/h10-11,14-24,27-28H,4-9,12-13H2,1-3H3,(H,29,30)/b11-10+/t14?,15?,16?,17?,18-,19-,20?,21-,22+,23-,24?/m1/s1. The van der Waals surface area contributed by atoms with Crippen molar-refractivity contribution in [3.05, 3.63) is 12.2 Å². The van der Waals surface area contributed by atoms with Crippen molar-refractivity contribution in [1.82, 2.24) is 4.90 Å². The zero-order valence-electron chi connectivity index (χ0n) is 18.9. The van der Waals surface area contributed by atoms with Crippen LogP contribution in [-0.2, 0) is 4.79 Å². The first kappa shape index (κ1) is 22.3. The van der Waals surface area contributed by atoms with Gasteiger partial charge in [-0.15, -0.1) is 0 Å². The fourth-order valence-corrected chi connectivity index (χ4v) is 8.15. The summed E-state index contributed by atoms with van der Waals surface area (Å²) in [6, 6.07) is 0.114. The Bertz CT molecular complexity index is 639. The number of carbonyl (C=O) groups is 1. The summed E-state index contributed by atoms with van der Waals surface area (Å²) >= 11 is 0. The maximum absolute atomic E-state index is 11.8. The Morgan fingerprint density at radius 2 is 1.73 bits per heavy atom. The van der Waals surface area contributed by atoms with Crippen LogP contribution >= 0.6 is 0 Å². The fourth-order valence-electron chi connectivity index (χ4n) is 8.15. The normalized spacial score (nSPS) is 47.1. The van der Waals surface area contributed by atoms with Crippen LogP contribution in [0.25, 0.3) is 0 Å². The maximum atomic E-state index is 11.8. The topological polar surface area (TPSA) is 81.0 Å². The van der Waals surface area contributed by atoms with Crippen molar-refractivity contribution in [2.75, 3.05) is 0 Å². The zero-order chi connectivity index (χ0) is 21.6. The van der Waals surface area contributed by atoms with E-state index in [1.165, 1.54) is 6.42 Å². The lowest BCUT2D eigenvalue weighted by Gasteiger charge is -2.53. The van der Waals surface area contributed by atoms with Crippen molar-refractivity contribution in [2.24, 2.45) is 35.5 Å². The molecule has 0 aromatic heterocycles. The highest BCUT2D eigenvalue weighted by Gasteiger charge is 2.55. The van der Waals surface area contributed by atoms with Crippen molar-refractivity contribution >= 4 is 5.97 Å². The van der Waals surface area contributed by atoms with Gasteiger partial charge in [0, 0.05) is 18.0 Å². The lowest BCUT2D eigenvalue weighted by atomic mass is 9.52. The Balaban J connectivity index is 1.46. The van der Waals surface area contributed by atoms with Crippen molar-refractivity contribution in [3.63, 3.8) is 0 Å². The highest BCUT2D eigenvalue weighted by molar-refractivity contribution is 5.73. The van der Waals surface area contributed by atoms with E-state index in [0.717, 1.165) is 44.4 Å². The number of carboxylic acids is 1. The second kappa shape index (κ2) is 8.91. The first-order chi connectivity index (χ1) is 14.4. The number of rotatable bonds is 7. The molecule has 2 aliphatic carbocycles. The molecule has 2 saturated heterocycles. The lowest BCUT2D eigenvalue weighted by Crippen LogP contribution is -2.51. The fraction of sp³-hybridized carbons (Fsp3) is 0.880. The molecule has 0 bridgehead atoms. The van der Waals surface area contributed by atoms with Gasteiger partial charge in [-0.3, -0.25) is 9.69 Å². The molecule has 2 aliphatic heterocycles. The van der Waals surface area contributed by atoms with Crippen LogP contribution in [0.1, 0.15) is 72.1 Å². The smallest absolute Gasteiger partial charge is 0.320 e. The van der Waals surface area contributed by atoms with Gasteiger partial charge in [0.1, 0.15) is 6.04 Å². The van der Waals surface area contributed by atoms with Crippen molar-refractivity contribution < 1.29 is 20.1 Å². The molecule has 4 aliphatic rings. The molecule has 3 N–H and O–H groups in total. The predicted molar refractivity (Wildman–Crippen MR) is 117 cm³/mol. The predicted octanol–water partition coefficient (Wildman–Crippen LogP) is 3.69. The monoisotopic (exact) mass is 419 g/mol. The summed E-state index contributed by atoms with van der Waals surface area (Å²) in [5.41, 5.74) is 0. The third-order valence-corrected chi connectivity index (χ3v) is 9.35. The SMILES string of the molecule is CCC1C(CC)C([C@@H](O)/C=C/[C@@H]2[C@H]3CC4CCCC(C(=O)O)N4[C@@H]3C[C@H]2O)C1CC. The van der Waals surface area contributed by atoms with Crippen LogP contribution in [-0.4, -0.2) is 56.5 Å². The summed E-state index contributed by atoms with van der Waals surface area (Å²) in [5.74, 6) is 1.88. The summed E-state index contributed by atoms with van der Waals surface area (Å²) in [6.45, 7) is 6.74. The van der Waals surface area contributed by atoms with Crippen LogP contribution in [0.4, 0.5) is 0 Å². The van der Waals surface area contributed by atoms with Gasteiger partial charge in [-0.05, 0) is 61.7 Å². The minimum atomic E-state index is -0.712. The molecular formula is C25H41NO4. The zero-order valence-corrected chi connectivity index (χ0v) is 18.9. The van der Waals surface area contributed by atoms with E-state index in [-0.39, 0.29) is 12.0 Å². The number of carboxylic acid groups (broad SMARTS) is 1. The summed E-state index contributed by atoms with van der Waals surface area (Å²) < 4.78 is 0. The van der Waals surface area contributed by atoms with Gasteiger partial charge in [0.15, 0.2) is 0 Å². The van der Waals surface area contributed by atoms with Gasteiger partial charge < -0.3 is 15.3 Å². The molecule has 0 aromatic carbocycles. The Labute approximate surface area is 181 Å². The number of nitrogens with zero attached hydrogens (tertiary/aromatic N) is 1. The van der Waals surface area contributed by atoms with Gasteiger partial charge in [0.05, 0.1) is 12.2 Å². The van der Waals surface area contributed by atoms with E-state index in [2.05, 4.69) is 31.7 Å². The minimum Gasteiger partial charge on any atom is -0.480 e. The number of aliphatic carboxylic acids is 1. The average molecular weight is 420 g/mol. The van der Waals surface area contributed by atoms with Crippen LogP contribution in [0.5, 0.6) is 0 Å². The molecular weight excluding hydrogens is 378 g/mol. The highest BCUT2D eigenvalue weighted by atomic mass is 16.4. The lowest BCUT2D eigenvalue weighted by molar-refractivity contribution is -0.146. The van der Waals surface area contributed by atoms with Gasteiger partial charge in [0.2, 0.25) is 0 Å². The van der Waals surface area contributed by atoms with Crippen molar-refractivity contribution in [1.29, 1.82) is 0 Å². The second-order valence-corrected chi connectivity index (χ2v) is 10.4. The molecule has 4 unspecified atom stereocenters. The molecule has 2 heterocycles. The molecule has 5 heteroatoms. The van der Waals surface area contributed by atoms with E-state index >= 15 is 0 Å².